The number of nitrogens with zero attached hydrogens (tertiary/aromatic N) is 1. The van der Waals surface area contributed by atoms with Gasteiger partial charge in [0.2, 0.25) is 0 Å². The molecule has 1 amide bonds. The summed E-state index contributed by atoms with van der Waals surface area (Å²) < 4.78 is 0. The molecule has 120 valence electrons. The van der Waals surface area contributed by atoms with Crippen LogP contribution in [-0.4, -0.2) is 27.6 Å². The number of hydrogen-bond donors (Lipinski definition) is 2. The fourth-order valence-corrected chi connectivity index (χ4v) is 3.70. The molecule has 4 rings (SSSR count). The summed E-state index contributed by atoms with van der Waals surface area (Å²) in [6.45, 7) is 1.78. The van der Waals surface area contributed by atoms with E-state index in [0.717, 1.165) is 15.9 Å². The van der Waals surface area contributed by atoms with Crippen molar-refractivity contribution in [2.75, 3.05) is 0 Å². The first-order valence-electron chi connectivity index (χ1n) is 8.04. The zero-order valence-electron chi connectivity index (χ0n) is 13.0. The van der Waals surface area contributed by atoms with E-state index in [0.29, 0.717) is 24.3 Å². The second-order valence-electron chi connectivity index (χ2n) is 7.14. The zero-order chi connectivity index (χ0) is 16.2. The maximum absolute atomic E-state index is 12.3. The number of amides is 1. The number of hydrogen-bond acceptors (Lipinski definition) is 3. The van der Waals surface area contributed by atoms with Gasteiger partial charge in [0, 0.05) is 22.6 Å². The van der Waals surface area contributed by atoms with E-state index in [1.807, 2.05) is 18.2 Å². The normalized spacial score (nSPS) is 26.8. The number of carbonyl (C=O) groups is 1. The molecular weight excluding hydrogens is 312 g/mol. The van der Waals surface area contributed by atoms with Crippen molar-refractivity contribution in [2.45, 2.75) is 50.2 Å². The van der Waals surface area contributed by atoms with Crippen molar-refractivity contribution < 1.29 is 9.90 Å². The summed E-state index contributed by atoms with van der Waals surface area (Å²) in [6, 6.07) is 5.81. The lowest BCUT2D eigenvalue weighted by atomic mass is 9.77. The van der Waals surface area contributed by atoms with Crippen LogP contribution in [0.4, 0.5) is 0 Å². The molecule has 0 spiro atoms. The predicted octanol–water partition coefficient (Wildman–Crippen LogP) is 3.41. The van der Waals surface area contributed by atoms with E-state index < -0.39 is 5.60 Å². The van der Waals surface area contributed by atoms with Crippen LogP contribution in [-0.2, 0) is 0 Å². The SMILES string of the molecule is C[C@]1(O)C[C@@H](NC(=O)c2cnc3cc(C4CC4)c(Cl)cc3c2)C1. The average Bonchev–Trinajstić information content (AvgIpc) is 3.28. The van der Waals surface area contributed by atoms with Crippen molar-refractivity contribution in [1.29, 1.82) is 0 Å². The van der Waals surface area contributed by atoms with Gasteiger partial charge >= 0.3 is 0 Å². The van der Waals surface area contributed by atoms with Crippen LogP contribution in [0.1, 0.15) is 54.4 Å². The van der Waals surface area contributed by atoms with Gasteiger partial charge in [-0.1, -0.05) is 11.6 Å². The average molecular weight is 331 g/mol. The summed E-state index contributed by atoms with van der Waals surface area (Å²) in [4.78, 5) is 16.7. The van der Waals surface area contributed by atoms with Crippen molar-refractivity contribution in [3.63, 3.8) is 0 Å². The van der Waals surface area contributed by atoms with E-state index in [1.54, 1.807) is 13.1 Å². The standard InChI is InChI=1S/C18H19ClN2O2/c1-18(23)7-13(8-18)21-17(22)12-4-11-5-15(19)14(10-2-3-10)6-16(11)20-9-12/h4-6,9-10,13,23H,2-3,7-8H2,1H3,(H,21,22)/t13-,18+. The summed E-state index contributed by atoms with van der Waals surface area (Å²) >= 11 is 6.36. The highest BCUT2D eigenvalue weighted by atomic mass is 35.5. The van der Waals surface area contributed by atoms with Crippen LogP contribution < -0.4 is 5.32 Å². The molecule has 4 nitrogen and oxygen atoms in total. The molecule has 0 aliphatic heterocycles. The van der Waals surface area contributed by atoms with Gasteiger partial charge in [-0.25, -0.2) is 0 Å². The number of aliphatic hydroxyl groups is 1. The van der Waals surface area contributed by atoms with Crippen LogP contribution in [0.5, 0.6) is 0 Å². The van der Waals surface area contributed by atoms with E-state index >= 15 is 0 Å². The van der Waals surface area contributed by atoms with Gasteiger partial charge in [-0.15, -0.1) is 0 Å². The first-order valence-corrected chi connectivity index (χ1v) is 8.41. The van der Waals surface area contributed by atoms with Crippen molar-refractivity contribution in [3.8, 4) is 0 Å². The molecule has 2 aliphatic rings. The molecule has 5 heteroatoms. The van der Waals surface area contributed by atoms with Gasteiger partial charge in [0.1, 0.15) is 0 Å². The van der Waals surface area contributed by atoms with Crippen LogP contribution in [0.15, 0.2) is 24.4 Å². The smallest absolute Gasteiger partial charge is 0.253 e. The third kappa shape index (κ3) is 2.93. The number of halogens is 1. The Morgan fingerprint density at radius 2 is 2.09 bits per heavy atom. The molecular formula is C18H19ClN2O2. The molecule has 2 N–H and O–H groups in total. The largest absolute Gasteiger partial charge is 0.390 e. The molecule has 0 bridgehead atoms. The number of rotatable bonds is 3. The van der Waals surface area contributed by atoms with Gasteiger partial charge in [-0.3, -0.25) is 9.78 Å². The van der Waals surface area contributed by atoms with Gasteiger partial charge in [-0.2, -0.15) is 0 Å². The second kappa shape index (κ2) is 5.18. The lowest BCUT2D eigenvalue weighted by Gasteiger charge is -2.41. The number of fused-ring (bicyclic) bond motifs is 1. The molecule has 2 fully saturated rings. The highest BCUT2D eigenvalue weighted by Gasteiger charge is 2.39. The molecule has 1 heterocycles. The van der Waals surface area contributed by atoms with Crippen LogP contribution in [0.3, 0.4) is 0 Å². The van der Waals surface area contributed by atoms with Gasteiger partial charge in [0.05, 0.1) is 16.7 Å². The van der Waals surface area contributed by atoms with Crippen LogP contribution in [0, 0.1) is 0 Å². The first kappa shape index (κ1) is 14.9. The van der Waals surface area contributed by atoms with Crippen LogP contribution in [0.2, 0.25) is 5.02 Å². The second-order valence-corrected chi connectivity index (χ2v) is 7.55. The van der Waals surface area contributed by atoms with E-state index in [1.165, 1.54) is 18.4 Å². The Kier molecular flexibility index (Phi) is 3.36. The zero-order valence-corrected chi connectivity index (χ0v) is 13.7. The number of nitrogens with one attached hydrogen (secondary N) is 1. The van der Waals surface area contributed by atoms with Crippen LogP contribution >= 0.6 is 11.6 Å². The van der Waals surface area contributed by atoms with Crippen molar-refractivity contribution in [3.05, 3.63) is 40.5 Å². The first-order chi connectivity index (χ1) is 10.9. The maximum atomic E-state index is 12.3. The quantitative estimate of drug-likeness (QED) is 0.906. The summed E-state index contributed by atoms with van der Waals surface area (Å²) in [5, 5.41) is 14.3. The Morgan fingerprint density at radius 3 is 2.74 bits per heavy atom. The Labute approximate surface area is 139 Å². The Hall–Kier alpha value is -1.65. The summed E-state index contributed by atoms with van der Waals surface area (Å²) in [7, 11) is 0. The molecule has 2 aliphatic carbocycles. The molecule has 0 unspecified atom stereocenters. The number of pyridine rings is 1. The van der Waals surface area contributed by atoms with Crippen molar-refractivity contribution >= 4 is 28.4 Å². The van der Waals surface area contributed by atoms with E-state index in [9.17, 15) is 9.90 Å². The molecule has 23 heavy (non-hydrogen) atoms. The molecule has 2 aromatic rings. The van der Waals surface area contributed by atoms with Gasteiger partial charge in [0.25, 0.3) is 5.91 Å². The highest BCUT2D eigenvalue weighted by Crippen LogP contribution is 2.44. The Balaban J connectivity index is 1.56. The van der Waals surface area contributed by atoms with Crippen molar-refractivity contribution in [2.24, 2.45) is 0 Å². The Bertz CT molecular complexity index is 791. The third-order valence-electron chi connectivity index (χ3n) is 4.79. The van der Waals surface area contributed by atoms with Gasteiger partial charge in [0.15, 0.2) is 0 Å². The molecule has 0 atom stereocenters. The Morgan fingerprint density at radius 1 is 1.35 bits per heavy atom. The fraction of sp³-hybridized carbons (Fsp3) is 0.444. The maximum Gasteiger partial charge on any atom is 0.253 e. The van der Waals surface area contributed by atoms with E-state index in [-0.39, 0.29) is 11.9 Å². The molecule has 2 saturated carbocycles. The molecule has 1 aromatic heterocycles. The molecule has 1 aromatic carbocycles. The topological polar surface area (TPSA) is 62.2 Å². The monoisotopic (exact) mass is 330 g/mol. The fourth-order valence-electron chi connectivity index (χ4n) is 3.37. The minimum atomic E-state index is -0.647. The summed E-state index contributed by atoms with van der Waals surface area (Å²) in [5.74, 6) is 0.422. The minimum absolute atomic E-state index is 0.0361. The summed E-state index contributed by atoms with van der Waals surface area (Å²) in [6.07, 6.45) is 5.18. The van der Waals surface area contributed by atoms with Gasteiger partial charge < -0.3 is 10.4 Å². The molecule has 0 radical (unpaired) electrons. The predicted molar refractivity (Wildman–Crippen MR) is 89.8 cm³/mol. The summed E-state index contributed by atoms with van der Waals surface area (Å²) in [5.41, 5.74) is 1.92. The minimum Gasteiger partial charge on any atom is -0.390 e. The van der Waals surface area contributed by atoms with Gasteiger partial charge in [-0.05, 0) is 62.3 Å². The number of carbonyl (C=O) groups excluding carboxylic acids is 1. The van der Waals surface area contributed by atoms with Crippen LogP contribution in [0.25, 0.3) is 10.9 Å². The van der Waals surface area contributed by atoms with E-state index in [2.05, 4.69) is 10.3 Å². The van der Waals surface area contributed by atoms with Crippen molar-refractivity contribution in [1.82, 2.24) is 10.3 Å². The van der Waals surface area contributed by atoms with E-state index in [4.69, 9.17) is 11.6 Å². The lowest BCUT2D eigenvalue weighted by Crippen LogP contribution is -2.53. The molecule has 0 saturated heterocycles. The third-order valence-corrected chi connectivity index (χ3v) is 5.11. The lowest BCUT2D eigenvalue weighted by molar-refractivity contribution is -0.0366. The highest BCUT2D eigenvalue weighted by molar-refractivity contribution is 6.32. The number of benzene rings is 1. The number of aromatic nitrogens is 1.